The number of hydrogen-bond donors (Lipinski definition) is 1. The number of carboxylic acids is 1. The number of rotatable bonds is 2. The van der Waals surface area contributed by atoms with E-state index < -0.39 is 5.97 Å². The second-order valence-electron chi connectivity index (χ2n) is 2.67. The summed E-state index contributed by atoms with van der Waals surface area (Å²) in [4.78, 5) is 22.0. The Morgan fingerprint density at radius 2 is 2.00 bits per heavy atom. The Bertz CT molecular complexity index is 494. The van der Waals surface area contributed by atoms with E-state index in [2.05, 4.69) is 15.0 Å². The maximum atomic E-state index is 10.6. The van der Waals surface area contributed by atoms with E-state index in [1.54, 1.807) is 0 Å². The average Bonchev–Trinajstić information content (AvgIpc) is 2.68. The zero-order valence-electron chi connectivity index (χ0n) is 7.33. The molecule has 0 aliphatic carbocycles. The van der Waals surface area contributed by atoms with E-state index in [0.717, 1.165) is 0 Å². The molecule has 0 saturated heterocycles. The third kappa shape index (κ3) is 1.94. The van der Waals surface area contributed by atoms with Crippen molar-refractivity contribution in [1.82, 2.24) is 19.5 Å². The summed E-state index contributed by atoms with van der Waals surface area (Å²) >= 11 is 5.61. The highest BCUT2D eigenvalue weighted by Crippen LogP contribution is 2.06. The van der Waals surface area contributed by atoms with Gasteiger partial charge in [-0.2, -0.15) is 0 Å². The fourth-order valence-electron chi connectivity index (χ4n) is 0.981. The molecule has 0 saturated carbocycles. The molecule has 2 heterocycles. The zero-order valence-corrected chi connectivity index (χ0v) is 8.09. The van der Waals surface area contributed by atoms with Gasteiger partial charge >= 0.3 is 5.97 Å². The highest BCUT2D eigenvalue weighted by Gasteiger charge is 2.08. The second-order valence-corrected chi connectivity index (χ2v) is 3.11. The van der Waals surface area contributed by atoms with Crippen LogP contribution in [-0.2, 0) is 0 Å². The Morgan fingerprint density at radius 3 is 2.53 bits per heavy atom. The van der Waals surface area contributed by atoms with Crippen molar-refractivity contribution in [3.63, 3.8) is 0 Å². The van der Waals surface area contributed by atoms with E-state index in [1.807, 2.05) is 0 Å². The van der Waals surface area contributed by atoms with Gasteiger partial charge in [0, 0.05) is 6.20 Å². The Morgan fingerprint density at radius 1 is 1.33 bits per heavy atom. The molecule has 76 valence electrons. The molecular formula is C8H5ClN4O2. The molecule has 7 heteroatoms. The first-order valence-electron chi connectivity index (χ1n) is 3.92. The summed E-state index contributed by atoms with van der Waals surface area (Å²) < 4.78 is 1.40. The van der Waals surface area contributed by atoms with Gasteiger partial charge in [0.25, 0.3) is 0 Å². The van der Waals surface area contributed by atoms with Crippen LogP contribution in [-0.4, -0.2) is 30.6 Å². The van der Waals surface area contributed by atoms with Crippen molar-refractivity contribution in [2.24, 2.45) is 0 Å². The predicted octanol–water partition coefficient (Wildman–Crippen LogP) is 1.01. The zero-order chi connectivity index (χ0) is 10.8. The van der Waals surface area contributed by atoms with Crippen LogP contribution >= 0.6 is 11.6 Å². The van der Waals surface area contributed by atoms with Crippen LogP contribution in [0.15, 0.2) is 24.9 Å². The van der Waals surface area contributed by atoms with Crippen LogP contribution in [0.2, 0.25) is 5.02 Å². The van der Waals surface area contributed by atoms with E-state index in [9.17, 15) is 4.79 Å². The van der Waals surface area contributed by atoms with Gasteiger partial charge in [-0.05, 0) is 0 Å². The smallest absolute Gasteiger partial charge is 0.356 e. The number of aromatic carboxylic acids is 1. The van der Waals surface area contributed by atoms with Crippen molar-refractivity contribution in [2.75, 3.05) is 0 Å². The Balaban J connectivity index is 2.37. The summed E-state index contributed by atoms with van der Waals surface area (Å²) in [7, 11) is 0. The molecule has 2 aromatic rings. The molecule has 0 aliphatic rings. The van der Waals surface area contributed by atoms with Crippen molar-refractivity contribution in [3.8, 4) is 5.95 Å². The maximum absolute atomic E-state index is 10.6. The van der Waals surface area contributed by atoms with Crippen LogP contribution in [0.25, 0.3) is 5.95 Å². The molecule has 0 unspecified atom stereocenters. The standard InChI is InChI=1S/C8H5ClN4O2/c9-5-1-10-8(11-2-5)13-3-6(7(14)15)12-4-13/h1-4H,(H,14,15). The maximum Gasteiger partial charge on any atom is 0.356 e. The number of carbonyl (C=O) groups is 1. The number of nitrogens with zero attached hydrogens (tertiary/aromatic N) is 4. The quantitative estimate of drug-likeness (QED) is 0.824. The molecule has 0 aliphatic heterocycles. The normalized spacial score (nSPS) is 10.2. The molecule has 15 heavy (non-hydrogen) atoms. The summed E-state index contributed by atoms with van der Waals surface area (Å²) in [6.45, 7) is 0. The summed E-state index contributed by atoms with van der Waals surface area (Å²) in [6, 6.07) is 0. The Kier molecular flexibility index (Phi) is 2.34. The average molecular weight is 225 g/mol. The topological polar surface area (TPSA) is 80.9 Å². The predicted molar refractivity (Wildman–Crippen MR) is 51.1 cm³/mol. The molecule has 0 bridgehead atoms. The SMILES string of the molecule is O=C(O)c1cn(-c2ncc(Cl)cn2)cn1. The molecule has 0 spiro atoms. The molecule has 0 aromatic carbocycles. The number of hydrogen-bond acceptors (Lipinski definition) is 4. The van der Waals surface area contributed by atoms with E-state index in [4.69, 9.17) is 16.7 Å². The third-order valence-electron chi connectivity index (χ3n) is 1.64. The summed E-state index contributed by atoms with van der Waals surface area (Å²) in [5, 5.41) is 9.07. The number of aromatic nitrogens is 4. The van der Waals surface area contributed by atoms with Crippen molar-refractivity contribution in [3.05, 3.63) is 35.6 Å². The minimum absolute atomic E-state index is 0.0615. The molecule has 6 nitrogen and oxygen atoms in total. The van der Waals surface area contributed by atoms with Crippen molar-refractivity contribution >= 4 is 17.6 Å². The van der Waals surface area contributed by atoms with Gasteiger partial charge in [0.15, 0.2) is 5.69 Å². The number of carboxylic acid groups (broad SMARTS) is 1. The van der Waals surface area contributed by atoms with E-state index in [0.29, 0.717) is 11.0 Å². The van der Waals surface area contributed by atoms with Crippen LogP contribution in [0.4, 0.5) is 0 Å². The van der Waals surface area contributed by atoms with Crippen molar-refractivity contribution < 1.29 is 9.90 Å². The van der Waals surface area contributed by atoms with Crippen LogP contribution in [0.3, 0.4) is 0 Å². The fourth-order valence-corrected chi connectivity index (χ4v) is 1.08. The van der Waals surface area contributed by atoms with Gasteiger partial charge in [0.2, 0.25) is 5.95 Å². The Labute approximate surface area is 89.2 Å². The van der Waals surface area contributed by atoms with E-state index in [-0.39, 0.29) is 5.69 Å². The molecule has 2 aromatic heterocycles. The van der Waals surface area contributed by atoms with Crippen LogP contribution in [0.5, 0.6) is 0 Å². The first-order chi connectivity index (χ1) is 7.16. The summed E-state index contributed by atoms with van der Waals surface area (Å²) in [5.41, 5.74) is -0.0615. The summed E-state index contributed by atoms with van der Waals surface area (Å²) in [6.07, 6.45) is 5.49. The number of halogens is 1. The van der Waals surface area contributed by atoms with Crippen LogP contribution in [0.1, 0.15) is 10.5 Å². The first-order valence-corrected chi connectivity index (χ1v) is 4.30. The van der Waals surface area contributed by atoms with E-state index >= 15 is 0 Å². The molecule has 0 atom stereocenters. The number of imidazole rings is 1. The highest BCUT2D eigenvalue weighted by atomic mass is 35.5. The molecule has 0 fully saturated rings. The minimum atomic E-state index is -1.09. The van der Waals surface area contributed by atoms with Crippen LogP contribution in [0, 0.1) is 0 Å². The fraction of sp³-hybridized carbons (Fsp3) is 0. The lowest BCUT2D eigenvalue weighted by Crippen LogP contribution is -1.98. The van der Waals surface area contributed by atoms with Gasteiger partial charge in [-0.25, -0.2) is 19.7 Å². The molecule has 1 N–H and O–H groups in total. The van der Waals surface area contributed by atoms with Gasteiger partial charge < -0.3 is 5.11 Å². The molecular weight excluding hydrogens is 220 g/mol. The Hall–Kier alpha value is -1.95. The highest BCUT2D eigenvalue weighted by molar-refractivity contribution is 6.30. The van der Waals surface area contributed by atoms with E-state index in [1.165, 1.54) is 29.5 Å². The van der Waals surface area contributed by atoms with Crippen molar-refractivity contribution in [2.45, 2.75) is 0 Å². The van der Waals surface area contributed by atoms with Crippen molar-refractivity contribution in [1.29, 1.82) is 0 Å². The lowest BCUT2D eigenvalue weighted by molar-refractivity contribution is 0.0691. The van der Waals surface area contributed by atoms with Crippen LogP contribution < -0.4 is 0 Å². The molecule has 0 amide bonds. The molecule has 2 rings (SSSR count). The van der Waals surface area contributed by atoms with Gasteiger partial charge in [-0.1, -0.05) is 11.6 Å². The van der Waals surface area contributed by atoms with Gasteiger partial charge in [0.1, 0.15) is 6.33 Å². The van der Waals surface area contributed by atoms with Gasteiger partial charge in [0.05, 0.1) is 17.4 Å². The minimum Gasteiger partial charge on any atom is -0.476 e. The largest absolute Gasteiger partial charge is 0.476 e. The lowest BCUT2D eigenvalue weighted by atomic mass is 10.5. The summed E-state index contributed by atoms with van der Waals surface area (Å²) in [5.74, 6) is -0.776. The monoisotopic (exact) mass is 224 g/mol. The first kappa shape index (κ1) is 9.60. The third-order valence-corrected chi connectivity index (χ3v) is 1.83. The van der Waals surface area contributed by atoms with Gasteiger partial charge in [-0.3, -0.25) is 4.57 Å². The van der Waals surface area contributed by atoms with Gasteiger partial charge in [-0.15, -0.1) is 0 Å². The lowest BCUT2D eigenvalue weighted by Gasteiger charge is -1.97. The molecule has 0 radical (unpaired) electrons. The second kappa shape index (κ2) is 3.66.